The van der Waals surface area contributed by atoms with Gasteiger partial charge in [0.25, 0.3) is 5.69 Å². The van der Waals surface area contributed by atoms with E-state index in [0.717, 1.165) is 6.29 Å². The second-order valence-corrected chi connectivity index (χ2v) is 5.58. The average Bonchev–Trinajstić information content (AvgIpc) is 2.38. The quantitative estimate of drug-likeness (QED) is 0.422. The van der Waals surface area contributed by atoms with E-state index in [2.05, 4.69) is 31.9 Å². The fourth-order valence-corrected chi connectivity index (χ4v) is 2.43. The largest absolute Gasteiger partial charge is 0.457 e. The van der Waals surface area contributed by atoms with Gasteiger partial charge < -0.3 is 4.74 Å². The van der Waals surface area contributed by atoms with Crippen LogP contribution >= 0.6 is 31.9 Å². The number of rotatable bonds is 4. The maximum Gasteiger partial charge on any atom is 0.274 e. The Labute approximate surface area is 131 Å². The van der Waals surface area contributed by atoms with E-state index < -0.39 is 4.92 Å². The second kappa shape index (κ2) is 6.15. The van der Waals surface area contributed by atoms with Crippen molar-refractivity contribution in [3.63, 3.8) is 0 Å². The summed E-state index contributed by atoms with van der Waals surface area (Å²) in [5, 5.41) is 10.8. The van der Waals surface area contributed by atoms with Gasteiger partial charge in [-0.25, -0.2) is 0 Å². The van der Waals surface area contributed by atoms with Crippen LogP contribution in [0.25, 0.3) is 0 Å². The molecule has 20 heavy (non-hydrogen) atoms. The Balaban J connectivity index is 2.32. The number of nitro groups is 1. The molecule has 5 nitrogen and oxygen atoms in total. The SMILES string of the molecule is O=Cc1ccc(Oc2cc(Br)cc([N+](=O)[O-])c2)cc1Br. The molecule has 0 atom stereocenters. The molecule has 0 saturated carbocycles. The lowest BCUT2D eigenvalue weighted by molar-refractivity contribution is -0.385. The Hall–Kier alpha value is -1.73. The van der Waals surface area contributed by atoms with Crippen molar-refractivity contribution in [1.29, 1.82) is 0 Å². The van der Waals surface area contributed by atoms with Crippen molar-refractivity contribution in [1.82, 2.24) is 0 Å². The smallest absolute Gasteiger partial charge is 0.274 e. The molecule has 102 valence electrons. The molecular weight excluding hydrogens is 394 g/mol. The minimum Gasteiger partial charge on any atom is -0.457 e. The van der Waals surface area contributed by atoms with E-state index >= 15 is 0 Å². The zero-order valence-electron chi connectivity index (χ0n) is 9.88. The highest BCUT2D eigenvalue weighted by Crippen LogP contribution is 2.31. The summed E-state index contributed by atoms with van der Waals surface area (Å²) in [6, 6.07) is 9.16. The minimum atomic E-state index is -0.497. The molecule has 2 rings (SSSR count). The topological polar surface area (TPSA) is 69.4 Å². The fraction of sp³-hybridized carbons (Fsp3) is 0. The molecule has 0 bridgehead atoms. The third-order valence-corrected chi connectivity index (χ3v) is 3.55. The van der Waals surface area contributed by atoms with Gasteiger partial charge in [0.05, 0.1) is 11.0 Å². The summed E-state index contributed by atoms with van der Waals surface area (Å²) >= 11 is 6.44. The highest BCUT2D eigenvalue weighted by molar-refractivity contribution is 9.10. The van der Waals surface area contributed by atoms with Crippen molar-refractivity contribution in [2.24, 2.45) is 0 Å². The number of carbonyl (C=O) groups is 1. The van der Waals surface area contributed by atoms with Gasteiger partial charge in [-0.3, -0.25) is 14.9 Å². The van der Waals surface area contributed by atoms with Crippen LogP contribution in [0.4, 0.5) is 5.69 Å². The monoisotopic (exact) mass is 399 g/mol. The van der Waals surface area contributed by atoms with Crippen molar-refractivity contribution in [2.45, 2.75) is 0 Å². The molecule has 0 heterocycles. The molecule has 0 spiro atoms. The van der Waals surface area contributed by atoms with Crippen molar-refractivity contribution in [3.8, 4) is 11.5 Å². The average molecular weight is 401 g/mol. The van der Waals surface area contributed by atoms with Gasteiger partial charge in [-0.15, -0.1) is 0 Å². The van der Waals surface area contributed by atoms with Crippen LogP contribution in [-0.4, -0.2) is 11.2 Å². The van der Waals surface area contributed by atoms with Gasteiger partial charge in [0.2, 0.25) is 0 Å². The van der Waals surface area contributed by atoms with Gasteiger partial charge in [-0.1, -0.05) is 15.9 Å². The highest BCUT2D eigenvalue weighted by atomic mass is 79.9. The van der Waals surface area contributed by atoms with Crippen LogP contribution in [-0.2, 0) is 0 Å². The Morgan fingerprint density at radius 1 is 1.10 bits per heavy atom. The number of non-ortho nitro benzene ring substituents is 1. The molecule has 2 aromatic rings. The van der Waals surface area contributed by atoms with E-state index in [1.54, 1.807) is 24.3 Å². The number of hydrogen-bond donors (Lipinski definition) is 0. The van der Waals surface area contributed by atoms with Gasteiger partial charge in [-0.05, 0) is 40.2 Å². The van der Waals surface area contributed by atoms with Crippen LogP contribution in [0.2, 0.25) is 0 Å². The molecule has 0 aliphatic rings. The van der Waals surface area contributed by atoms with Gasteiger partial charge in [0, 0.05) is 20.6 Å². The van der Waals surface area contributed by atoms with E-state index in [0.29, 0.717) is 26.0 Å². The number of aldehydes is 1. The van der Waals surface area contributed by atoms with Crippen molar-refractivity contribution >= 4 is 43.8 Å². The fourth-order valence-electron chi connectivity index (χ4n) is 1.52. The van der Waals surface area contributed by atoms with Gasteiger partial charge in [0.1, 0.15) is 11.5 Å². The van der Waals surface area contributed by atoms with E-state index in [-0.39, 0.29) is 5.69 Å². The molecule has 0 N–H and O–H groups in total. The first-order chi connectivity index (χ1) is 9.49. The molecule has 2 aromatic carbocycles. The molecular formula is C13H7Br2NO4. The van der Waals surface area contributed by atoms with Crippen LogP contribution in [0.5, 0.6) is 11.5 Å². The number of hydrogen-bond acceptors (Lipinski definition) is 4. The van der Waals surface area contributed by atoms with Crippen LogP contribution < -0.4 is 4.74 Å². The standard InChI is InChI=1S/C13H7Br2NO4/c14-9-3-10(16(18)19)5-12(4-9)20-11-2-1-8(7-17)13(15)6-11/h1-7H. The zero-order valence-corrected chi connectivity index (χ0v) is 13.0. The lowest BCUT2D eigenvalue weighted by atomic mass is 10.2. The van der Waals surface area contributed by atoms with Gasteiger partial charge in [-0.2, -0.15) is 0 Å². The predicted octanol–water partition coefficient (Wildman–Crippen LogP) is 4.72. The summed E-state index contributed by atoms with van der Waals surface area (Å²) in [6.07, 6.45) is 0.720. The van der Waals surface area contributed by atoms with Crippen LogP contribution in [0.1, 0.15) is 10.4 Å². The second-order valence-electron chi connectivity index (χ2n) is 3.81. The summed E-state index contributed by atoms with van der Waals surface area (Å²) in [7, 11) is 0. The normalized spacial score (nSPS) is 10.1. The number of carbonyl (C=O) groups excluding carboxylic acids is 1. The molecule has 0 saturated heterocycles. The number of nitro benzene ring substituents is 1. The highest BCUT2D eigenvalue weighted by Gasteiger charge is 2.10. The van der Waals surface area contributed by atoms with Crippen LogP contribution in [0.3, 0.4) is 0 Å². The lowest BCUT2D eigenvalue weighted by Crippen LogP contribution is -1.91. The lowest BCUT2D eigenvalue weighted by Gasteiger charge is -2.07. The van der Waals surface area contributed by atoms with Crippen molar-refractivity contribution in [3.05, 3.63) is 61.0 Å². The number of ether oxygens (including phenoxy) is 1. The molecule has 0 aliphatic heterocycles. The Morgan fingerprint density at radius 2 is 1.85 bits per heavy atom. The van der Waals surface area contributed by atoms with Gasteiger partial charge >= 0.3 is 0 Å². The predicted molar refractivity (Wildman–Crippen MR) is 80.4 cm³/mol. The molecule has 7 heteroatoms. The summed E-state index contributed by atoms with van der Waals surface area (Å²) in [4.78, 5) is 21.0. The minimum absolute atomic E-state index is 0.0713. The molecule has 0 radical (unpaired) electrons. The maximum absolute atomic E-state index is 10.8. The van der Waals surface area contributed by atoms with Crippen LogP contribution in [0, 0.1) is 10.1 Å². The summed E-state index contributed by atoms with van der Waals surface area (Å²) in [5.74, 6) is 0.798. The zero-order chi connectivity index (χ0) is 14.7. The van der Waals surface area contributed by atoms with E-state index in [4.69, 9.17) is 4.74 Å². The Bertz CT molecular complexity index is 688. The molecule has 0 aromatic heterocycles. The number of nitrogens with zero attached hydrogens (tertiary/aromatic N) is 1. The molecule has 0 amide bonds. The Kier molecular flexibility index (Phi) is 4.51. The van der Waals surface area contributed by atoms with E-state index in [9.17, 15) is 14.9 Å². The first-order valence-corrected chi connectivity index (χ1v) is 6.96. The first-order valence-electron chi connectivity index (χ1n) is 5.37. The molecule has 0 unspecified atom stereocenters. The maximum atomic E-state index is 10.8. The van der Waals surface area contributed by atoms with E-state index in [1.807, 2.05) is 0 Å². The van der Waals surface area contributed by atoms with Gasteiger partial charge in [0.15, 0.2) is 6.29 Å². The van der Waals surface area contributed by atoms with Crippen molar-refractivity contribution in [2.75, 3.05) is 0 Å². The number of benzene rings is 2. The summed E-state index contributed by atoms with van der Waals surface area (Å²) in [6.45, 7) is 0. The third kappa shape index (κ3) is 3.43. The molecule has 0 fully saturated rings. The van der Waals surface area contributed by atoms with E-state index in [1.165, 1.54) is 12.1 Å². The summed E-state index contributed by atoms with van der Waals surface area (Å²) in [5.41, 5.74) is 0.426. The third-order valence-electron chi connectivity index (χ3n) is 2.40. The molecule has 0 aliphatic carbocycles. The Morgan fingerprint density at radius 3 is 2.45 bits per heavy atom. The van der Waals surface area contributed by atoms with Crippen LogP contribution in [0.15, 0.2) is 45.3 Å². The number of halogens is 2. The first kappa shape index (κ1) is 14.7. The summed E-state index contributed by atoms with van der Waals surface area (Å²) < 4.78 is 6.69. The van der Waals surface area contributed by atoms with Crippen molar-refractivity contribution < 1.29 is 14.5 Å².